The Balaban J connectivity index is 2.17. The van der Waals surface area contributed by atoms with E-state index in [4.69, 9.17) is 11.6 Å². The van der Waals surface area contributed by atoms with Gasteiger partial charge in [-0.2, -0.15) is 0 Å². The second kappa shape index (κ2) is 4.10. The first-order valence-electron chi connectivity index (χ1n) is 5.53. The molecule has 0 saturated carbocycles. The fourth-order valence-corrected chi connectivity index (χ4v) is 2.10. The molecule has 3 heteroatoms. The Hall–Kier alpha value is -1.02. The van der Waals surface area contributed by atoms with Crippen LogP contribution in [0.1, 0.15) is 20.3 Å². The summed E-state index contributed by atoms with van der Waals surface area (Å²) in [5.74, 6) is 0.304. The zero-order chi connectivity index (χ0) is 11.8. The van der Waals surface area contributed by atoms with E-state index in [2.05, 4.69) is 4.90 Å². The predicted molar refractivity (Wildman–Crippen MR) is 67.1 cm³/mol. The lowest BCUT2D eigenvalue weighted by molar-refractivity contribution is -0.127. The summed E-state index contributed by atoms with van der Waals surface area (Å²) in [5.41, 5.74) is 0.867. The van der Waals surface area contributed by atoms with Gasteiger partial charge in [0.05, 0.1) is 6.54 Å². The molecule has 2 rings (SSSR count). The molecule has 0 spiro atoms. The van der Waals surface area contributed by atoms with Gasteiger partial charge in [-0.25, -0.2) is 0 Å². The van der Waals surface area contributed by atoms with Crippen molar-refractivity contribution >= 4 is 23.1 Å². The van der Waals surface area contributed by atoms with Crippen LogP contribution in [-0.4, -0.2) is 18.9 Å². The maximum Gasteiger partial charge on any atom is 0.157 e. The van der Waals surface area contributed by atoms with Crippen molar-refractivity contribution < 1.29 is 4.79 Å². The van der Waals surface area contributed by atoms with Gasteiger partial charge in [0.15, 0.2) is 5.78 Å². The molecule has 0 N–H and O–H groups in total. The van der Waals surface area contributed by atoms with E-state index in [0.29, 0.717) is 12.3 Å². The molecule has 1 heterocycles. The van der Waals surface area contributed by atoms with Crippen LogP contribution in [0.5, 0.6) is 0 Å². The van der Waals surface area contributed by atoms with Gasteiger partial charge in [-0.3, -0.25) is 4.79 Å². The molecular weight excluding hydrogens is 222 g/mol. The van der Waals surface area contributed by atoms with Gasteiger partial charge in [0.1, 0.15) is 0 Å². The fraction of sp³-hybridized carbons (Fsp3) is 0.462. The quantitative estimate of drug-likeness (QED) is 0.748. The van der Waals surface area contributed by atoms with E-state index in [1.807, 2.05) is 38.1 Å². The van der Waals surface area contributed by atoms with Crippen LogP contribution in [0.25, 0.3) is 0 Å². The summed E-state index contributed by atoms with van der Waals surface area (Å²) < 4.78 is 0. The topological polar surface area (TPSA) is 20.3 Å². The number of carbonyl (C=O) groups excluding carboxylic acids is 1. The Labute approximate surface area is 101 Å². The zero-order valence-electron chi connectivity index (χ0n) is 9.66. The van der Waals surface area contributed by atoms with Gasteiger partial charge >= 0.3 is 0 Å². The lowest BCUT2D eigenvalue weighted by atomic mass is 9.81. The number of carbonyl (C=O) groups is 1. The highest BCUT2D eigenvalue weighted by atomic mass is 35.5. The maximum atomic E-state index is 11.9. The van der Waals surface area contributed by atoms with E-state index in [9.17, 15) is 4.79 Å². The summed E-state index contributed by atoms with van der Waals surface area (Å²) in [7, 11) is 0. The van der Waals surface area contributed by atoms with Gasteiger partial charge in [0, 0.05) is 22.7 Å². The highest BCUT2D eigenvalue weighted by Gasteiger charge is 2.33. The van der Waals surface area contributed by atoms with E-state index in [1.165, 1.54) is 0 Å². The standard InChI is InChI=1S/C13H16ClNO/c1-13(2)6-7-15(9-12(13)16)11-5-3-4-10(14)8-11/h3-5,8H,6-7,9H2,1-2H3. The number of ketones is 1. The number of piperidine rings is 1. The maximum absolute atomic E-state index is 11.9. The Morgan fingerprint density at radius 3 is 2.75 bits per heavy atom. The lowest BCUT2D eigenvalue weighted by Crippen LogP contribution is -2.45. The Kier molecular flexibility index (Phi) is 2.94. The second-order valence-corrected chi connectivity index (χ2v) is 5.39. The Morgan fingerprint density at radius 1 is 1.38 bits per heavy atom. The van der Waals surface area contributed by atoms with Gasteiger partial charge in [-0.1, -0.05) is 31.5 Å². The molecule has 0 atom stereocenters. The average molecular weight is 238 g/mol. The smallest absolute Gasteiger partial charge is 0.157 e. The van der Waals surface area contributed by atoms with Gasteiger partial charge in [0.25, 0.3) is 0 Å². The number of nitrogens with zero attached hydrogens (tertiary/aromatic N) is 1. The fourth-order valence-electron chi connectivity index (χ4n) is 1.91. The number of anilines is 1. The van der Waals surface area contributed by atoms with Crippen molar-refractivity contribution in [2.75, 3.05) is 18.0 Å². The van der Waals surface area contributed by atoms with E-state index in [0.717, 1.165) is 23.7 Å². The molecule has 0 bridgehead atoms. The van der Waals surface area contributed by atoms with Crippen molar-refractivity contribution in [2.45, 2.75) is 20.3 Å². The molecule has 1 fully saturated rings. The number of benzene rings is 1. The molecule has 1 saturated heterocycles. The van der Waals surface area contributed by atoms with Crippen LogP contribution >= 0.6 is 11.6 Å². The van der Waals surface area contributed by atoms with Crippen LogP contribution in [-0.2, 0) is 4.79 Å². The van der Waals surface area contributed by atoms with Gasteiger partial charge in [-0.05, 0) is 24.6 Å². The van der Waals surface area contributed by atoms with Crippen molar-refractivity contribution in [3.8, 4) is 0 Å². The minimum absolute atomic E-state index is 0.172. The van der Waals surface area contributed by atoms with E-state index < -0.39 is 0 Å². The van der Waals surface area contributed by atoms with E-state index in [-0.39, 0.29) is 5.41 Å². The normalized spacial score (nSPS) is 19.9. The molecule has 0 unspecified atom stereocenters. The van der Waals surface area contributed by atoms with E-state index >= 15 is 0 Å². The molecule has 0 aliphatic carbocycles. The number of halogens is 1. The molecule has 1 aromatic rings. The molecule has 16 heavy (non-hydrogen) atoms. The van der Waals surface area contributed by atoms with Crippen molar-refractivity contribution in [3.63, 3.8) is 0 Å². The first-order chi connectivity index (χ1) is 7.49. The third-order valence-corrected chi connectivity index (χ3v) is 3.50. The summed E-state index contributed by atoms with van der Waals surface area (Å²) in [6.45, 7) is 5.45. The number of rotatable bonds is 1. The molecule has 2 nitrogen and oxygen atoms in total. The van der Waals surface area contributed by atoms with Gasteiger partial charge in [-0.15, -0.1) is 0 Å². The highest BCUT2D eigenvalue weighted by Crippen LogP contribution is 2.30. The number of Topliss-reactive ketones (excluding diaryl/α,β-unsaturated/α-hetero) is 1. The molecule has 1 aliphatic rings. The molecule has 0 aromatic heterocycles. The third-order valence-electron chi connectivity index (χ3n) is 3.27. The Morgan fingerprint density at radius 2 is 2.12 bits per heavy atom. The first-order valence-corrected chi connectivity index (χ1v) is 5.91. The second-order valence-electron chi connectivity index (χ2n) is 4.96. The molecule has 0 amide bonds. The Bertz CT molecular complexity index is 414. The molecular formula is C13H16ClNO. The van der Waals surface area contributed by atoms with Crippen molar-refractivity contribution in [1.29, 1.82) is 0 Å². The average Bonchev–Trinajstić information content (AvgIpc) is 2.22. The van der Waals surface area contributed by atoms with Crippen LogP contribution in [0, 0.1) is 5.41 Å². The molecule has 86 valence electrons. The van der Waals surface area contributed by atoms with Gasteiger partial charge < -0.3 is 4.90 Å². The van der Waals surface area contributed by atoms with Crippen LogP contribution < -0.4 is 4.90 Å². The highest BCUT2D eigenvalue weighted by molar-refractivity contribution is 6.30. The van der Waals surface area contributed by atoms with Crippen molar-refractivity contribution in [3.05, 3.63) is 29.3 Å². The van der Waals surface area contributed by atoms with Gasteiger partial charge in [0.2, 0.25) is 0 Å². The molecule has 1 aromatic carbocycles. The van der Waals surface area contributed by atoms with Crippen LogP contribution in [0.3, 0.4) is 0 Å². The van der Waals surface area contributed by atoms with Crippen molar-refractivity contribution in [1.82, 2.24) is 0 Å². The van der Waals surface area contributed by atoms with Crippen LogP contribution in [0.15, 0.2) is 24.3 Å². The summed E-state index contributed by atoms with van der Waals surface area (Å²) in [4.78, 5) is 14.0. The third kappa shape index (κ3) is 2.22. The zero-order valence-corrected chi connectivity index (χ0v) is 10.4. The molecule has 1 aliphatic heterocycles. The largest absolute Gasteiger partial charge is 0.364 e. The summed E-state index contributed by atoms with van der Waals surface area (Å²) in [6, 6.07) is 7.67. The molecule has 0 radical (unpaired) electrons. The number of hydrogen-bond donors (Lipinski definition) is 0. The minimum atomic E-state index is -0.172. The monoisotopic (exact) mass is 237 g/mol. The summed E-state index contributed by atoms with van der Waals surface area (Å²) >= 11 is 5.94. The van der Waals surface area contributed by atoms with Crippen molar-refractivity contribution in [2.24, 2.45) is 5.41 Å². The predicted octanol–water partition coefficient (Wildman–Crippen LogP) is 3.15. The van der Waals surface area contributed by atoms with Crippen LogP contribution in [0.4, 0.5) is 5.69 Å². The van der Waals surface area contributed by atoms with Crippen LogP contribution in [0.2, 0.25) is 5.02 Å². The minimum Gasteiger partial charge on any atom is -0.364 e. The summed E-state index contributed by atoms with van der Waals surface area (Å²) in [5, 5.41) is 0.717. The SMILES string of the molecule is CC1(C)CCN(c2cccc(Cl)c2)CC1=O. The first kappa shape index (κ1) is 11.5. The lowest BCUT2D eigenvalue weighted by Gasteiger charge is -2.36. The summed E-state index contributed by atoms with van der Waals surface area (Å²) in [6.07, 6.45) is 0.901. The number of hydrogen-bond acceptors (Lipinski definition) is 2. The van der Waals surface area contributed by atoms with E-state index in [1.54, 1.807) is 0 Å².